The van der Waals surface area contributed by atoms with Crippen LogP contribution in [0.3, 0.4) is 0 Å². The van der Waals surface area contributed by atoms with Crippen molar-refractivity contribution in [3.63, 3.8) is 0 Å². The van der Waals surface area contributed by atoms with Crippen molar-refractivity contribution in [3.05, 3.63) is 52.5 Å². The number of aryl methyl sites for hydroxylation is 1. The molecule has 3 nitrogen and oxygen atoms in total. The van der Waals surface area contributed by atoms with Crippen molar-refractivity contribution in [2.45, 2.75) is 33.0 Å². The number of nitrogens with zero attached hydrogens (tertiary/aromatic N) is 2. The molecule has 0 bridgehead atoms. The molecule has 0 radical (unpaired) electrons. The molecule has 96 valence electrons. The minimum Gasteiger partial charge on any atom is -0.333 e. The van der Waals surface area contributed by atoms with Crippen LogP contribution in [0.5, 0.6) is 0 Å². The molecule has 18 heavy (non-hydrogen) atoms. The van der Waals surface area contributed by atoms with E-state index in [1.165, 1.54) is 11.3 Å². The molecule has 0 aliphatic rings. The number of nitrogens with one attached hydrogen (secondary N) is 1. The summed E-state index contributed by atoms with van der Waals surface area (Å²) < 4.78 is 3.32. The van der Waals surface area contributed by atoms with Crippen molar-refractivity contribution in [2.24, 2.45) is 0 Å². The molecule has 2 aromatic rings. The molecule has 4 heteroatoms. The molecule has 1 aromatic carbocycles. The van der Waals surface area contributed by atoms with Crippen molar-refractivity contribution in [3.8, 4) is 0 Å². The molecule has 1 aromatic heterocycles. The standard InChI is InChI=1S/C14H18BrN3/c1-2-7-18-11-17-10-14(18)9-16-8-12-3-5-13(15)6-4-12/h3-6,10-11,16H,2,7-9H2,1H3. The van der Waals surface area contributed by atoms with Crippen molar-refractivity contribution >= 4 is 15.9 Å². The van der Waals surface area contributed by atoms with Gasteiger partial charge in [0.1, 0.15) is 0 Å². The Kier molecular flexibility index (Phi) is 4.96. The second-order valence-corrected chi connectivity index (χ2v) is 5.22. The fourth-order valence-electron chi connectivity index (χ4n) is 1.87. The number of imidazole rings is 1. The maximum absolute atomic E-state index is 4.19. The molecule has 0 atom stereocenters. The summed E-state index contributed by atoms with van der Waals surface area (Å²) in [5.74, 6) is 0. The quantitative estimate of drug-likeness (QED) is 0.887. The second kappa shape index (κ2) is 6.71. The van der Waals surface area contributed by atoms with E-state index in [1.807, 2.05) is 12.5 Å². The van der Waals surface area contributed by atoms with Crippen LogP contribution in [0.15, 0.2) is 41.3 Å². The van der Waals surface area contributed by atoms with Crippen LogP contribution in [-0.4, -0.2) is 9.55 Å². The zero-order valence-electron chi connectivity index (χ0n) is 10.6. The van der Waals surface area contributed by atoms with Gasteiger partial charge in [-0.1, -0.05) is 35.0 Å². The smallest absolute Gasteiger partial charge is 0.0948 e. The van der Waals surface area contributed by atoms with Gasteiger partial charge in [-0.05, 0) is 24.1 Å². The lowest BCUT2D eigenvalue weighted by Crippen LogP contribution is -2.15. The van der Waals surface area contributed by atoms with Gasteiger partial charge in [-0.25, -0.2) is 4.98 Å². The van der Waals surface area contributed by atoms with Gasteiger partial charge in [-0.2, -0.15) is 0 Å². The van der Waals surface area contributed by atoms with Crippen LogP contribution in [0.25, 0.3) is 0 Å². The Bertz CT molecular complexity index is 476. The second-order valence-electron chi connectivity index (χ2n) is 4.31. The topological polar surface area (TPSA) is 29.9 Å². The van der Waals surface area contributed by atoms with Gasteiger partial charge in [0.15, 0.2) is 0 Å². The Morgan fingerprint density at radius 1 is 1.22 bits per heavy atom. The molecule has 0 saturated heterocycles. The van der Waals surface area contributed by atoms with E-state index < -0.39 is 0 Å². The lowest BCUT2D eigenvalue weighted by molar-refractivity contribution is 0.601. The fourth-order valence-corrected chi connectivity index (χ4v) is 2.14. The summed E-state index contributed by atoms with van der Waals surface area (Å²) in [4.78, 5) is 4.19. The molecule has 0 amide bonds. The third-order valence-electron chi connectivity index (χ3n) is 2.81. The Balaban J connectivity index is 1.84. The fraction of sp³-hybridized carbons (Fsp3) is 0.357. The van der Waals surface area contributed by atoms with Gasteiger partial charge in [-0.3, -0.25) is 0 Å². The van der Waals surface area contributed by atoms with Gasteiger partial charge in [-0.15, -0.1) is 0 Å². The van der Waals surface area contributed by atoms with Crippen LogP contribution in [-0.2, 0) is 19.6 Å². The molecule has 2 rings (SSSR count). The van der Waals surface area contributed by atoms with E-state index in [9.17, 15) is 0 Å². The van der Waals surface area contributed by atoms with E-state index in [1.54, 1.807) is 0 Å². The number of halogens is 1. The summed E-state index contributed by atoms with van der Waals surface area (Å²) in [5, 5.41) is 3.45. The summed E-state index contributed by atoms with van der Waals surface area (Å²) in [5.41, 5.74) is 2.54. The maximum Gasteiger partial charge on any atom is 0.0948 e. The van der Waals surface area contributed by atoms with Crippen LogP contribution in [0.2, 0.25) is 0 Å². The number of hydrogen-bond donors (Lipinski definition) is 1. The Morgan fingerprint density at radius 2 is 2.00 bits per heavy atom. The highest BCUT2D eigenvalue weighted by Crippen LogP contribution is 2.10. The average Bonchev–Trinajstić information content (AvgIpc) is 2.80. The molecule has 1 N–H and O–H groups in total. The van der Waals surface area contributed by atoms with E-state index in [4.69, 9.17) is 0 Å². The summed E-state index contributed by atoms with van der Waals surface area (Å²) in [7, 11) is 0. The highest BCUT2D eigenvalue weighted by Gasteiger charge is 2.00. The monoisotopic (exact) mass is 307 g/mol. The van der Waals surface area contributed by atoms with Crippen molar-refractivity contribution in [1.82, 2.24) is 14.9 Å². The van der Waals surface area contributed by atoms with E-state index >= 15 is 0 Å². The van der Waals surface area contributed by atoms with Crippen molar-refractivity contribution in [1.29, 1.82) is 0 Å². The van der Waals surface area contributed by atoms with Gasteiger partial charge in [0.2, 0.25) is 0 Å². The van der Waals surface area contributed by atoms with Crippen molar-refractivity contribution < 1.29 is 0 Å². The van der Waals surface area contributed by atoms with E-state index in [2.05, 4.69) is 62.0 Å². The van der Waals surface area contributed by atoms with Crippen LogP contribution >= 0.6 is 15.9 Å². The minimum absolute atomic E-state index is 0.857. The molecule has 0 unspecified atom stereocenters. The molecular weight excluding hydrogens is 290 g/mol. The molecule has 0 aliphatic heterocycles. The zero-order valence-corrected chi connectivity index (χ0v) is 12.2. The largest absolute Gasteiger partial charge is 0.333 e. The van der Waals surface area contributed by atoms with Crippen LogP contribution in [0.1, 0.15) is 24.6 Å². The highest BCUT2D eigenvalue weighted by atomic mass is 79.9. The van der Waals surface area contributed by atoms with Gasteiger partial charge in [0.05, 0.1) is 12.0 Å². The normalized spacial score (nSPS) is 10.8. The van der Waals surface area contributed by atoms with E-state index in [-0.39, 0.29) is 0 Å². The van der Waals surface area contributed by atoms with Gasteiger partial charge >= 0.3 is 0 Å². The Hall–Kier alpha value is -1.13. The summed E-state index contributed by atoms with van der Waals surface area (Å²) in [6, 6.07) is 8.39. The van der Waals surface area contributed by atoms with Gasteiger partial charge in [0, 0.05) is 30.3 Å². The average molecular weight is 308 g/mol. The number of aromatic nitrogens is 2. The lowest BCUT2D eigenvalue weighted by atomic mass is 10.2. The first-order chi connectivity index (χ1) is 8.79. The molecule has 0 fully saturated rings. The Labute approximate surface area is 116 Å². The number of hydrogen-bond acceptors (Lipinski definition) is 2. The van der Waals surface area contributed by atoms with Crippen LogP contribution in [0.4, 0.5) is 0 Å². The van der Waals surface area contributed by atoms with Gasteiger partial charge < -0.3 is 9.88 Å². The zero-order chi connectivity index (χ0) is 12.8. The number of rotatable bonds is 6. The summed E-state index contributed by atoms with van der Waals surface area (Å²) in [6.45, 7) is 4.95. The summed E-state index contributed by atoms with van der Waals surface area (Å²) in [6.07, 6.45) is 4.97. The highest BCUT2D eigenvalue weighted by molar-refractivity contribution is 9.10. The van der Waals surface area contributed by atoms with Crippen LogP contribution < -0.4 is 5.32 Å². The molecule has 1 heterocycles. The molecule has 0 saturated carbocycles. The van der Waals surface area contributed by atoms with E-state index in [0.29, 0.717) is 0 Å². The first kappa shape index (κ1) is 13.3. The minimum atomic E-state index is 0.857. The predicted octanol–water partition coefficient (Wildman–Crippen LogP) is 3.35. The third kappa shape index (κ3) is 3.68. The maximum atomic E-state index is 4.19. The number of benzene rings is 1. The summed E-state index contributed by atoms with van der Waals surface area (Å²) >= 11 is 3.44. The molecular formula is C14H18BrN3. The first-order valence-corrected chi connectivity index (χ1v) is 7.03. The van der Waals surface area contributed by atoms with Crippen LogP contribution in [0, 0.1) is 0 Å². The third-order valence-corrected chi connectivity index (χ3v) is 3.34. The van der Waals surface area contributed by atoms with E-state index in [0.717, 1.165) is 30.5 Å². The lowest BCUT2D eigenvalue weighted by Gasteiger charge is -2.08. The first-order valence-electron chi connectivity index (χ1n) is 6.23. The predicted molar refractivity (Wildman–Crippen MR) is 77.2 cm³/mol. The Morgan fingerprint density at radius 3 is 2.72 bits per heavy atom. The molecule has 0 spiro atoms. The SMILES string of the molecule is CCCn1cncc1CNCc1ccc(Br)cc1. The molecule has 0 aliphatic carbocycles. The van der Waals surface area contributed by atoms with Crippen molar-refractivity contribution in [2.75, 3.05) is 0 Å². The van der Waals surface area contributed by atoms with Gasteiger partial charge in [0.25, 0.3) is 0 Å².